The first kappa shape index (κ1) is 19.0. The Morgan fingerprint density at radius 2 is 1.96 bits per heavy atom. The van der Waals surface area contributed by atoms with Crippen LogP contribution >= 0.6 is 0 Å². The molecule has 2 aromatic rings. The van der Waals surface area contributed by atoms with Crippen LogP contribution in [0.1, 0.15) is 66.2 Å². The van der Waals surface area contributed by atoms with E-state index in [0.29, 0.717) is 18.7 Å². The number of carbonyl (C=O) groups is 2. The van der Waals surface area contributed by atoms with E-state index in [1.54, 1.807) is 23.2 Å². The molecule has 0 atom stereocenters. The monoisotopic (exact) mass is 370 g/mol. The second kappa shape index (κ2) is 7.85. The zero-order valence-electron chi connectivity index (χ0n) is 16.1. The minimum atomic E-state index is -0.387. The van der Waals surface area contributed by atoms with Crippen molar-refractivity contribution in [1.29, 1.82) is 0 Å². The lowest BCUT2D eigenvalue weighted by atomic mass is 9.95. The van der Waals surface area contributed by atoms with E-state index in [2.05, 4.69) is 15.0 Å². The summed E-state index contributed by atoms with van der Waals surface area (Å²) in [6.45, 7) is 7.32. The summed E-state index contributed by atoms with van der Waals surface area (Å²) in [5, 5.41) is 0. The maximum absolute atomic E-state index is 12.9. The van der Waals surface area contributed by atoms with Crippen molar-refractivity contribution in [3.63, 3.8) is 0 Å². The van der Waals surface area contributed by atoms with Crippen LogP contribution in [0.4, 0.5) is 0 Å². The molecule has 2 amide bonds. The van der Waals surface area contributed by atoms with Gasteiger partial charge < -0.3 is 15.2 Å². The third-order valence-corrected chi connectivity index (χ3v) is 4.97. The molecule has 0 unspecified atom stereocenters. The van der Waals surface area contributed by atoms with Gasteiger partial charge >= 0.3 is 0 Å². The van der Waals surface area contributed by atoms with Gasteiger partial charge in [0.2, 0.25) is 5.91 Å². The summed E-state index contributed by atoms with van der Waals surface area (Å²) in [5.74, 6) is 1.64. The number of amides is 2. The van der Waals surface area contributed by atoms with Crippen molar-refractivity contribution >= 4 is 11.8 Å². The lowest BCUT2D eigenvalue weighted by molar-refractivity contribution is -0.118. The molecule has 27 heavy (non-hydrogen) atoms. The van der Waals surface area contributed by atoms with Gasteiger partial charge in [-0.2, -0.15) is 0 Å². The number of nitrogens with zero attached hydrogens (tertiary/aromatic N) is 5. The van der Waals surface area contributed by atoms with Crippen LogP contribution in [-0.4, -0.2) is 49.3 Å². The van der Waals surface area contributed by atoms with Crippen molar-refractivity contribution in [3.8, 4) is 0 Å². The number of carbonyl (C=O) groups excluding carboxylic acids is 2. The van der Waals surface area contributed by atoms with Crippen molar-refractivity contribution in [3.05, 3.63) is 41.5 Å². The van der Waals surface area contributed by atoms with E-state index in [1.807, 2.05) is 25.7 Å². The Balaban J connectivity index is 1.66. The van der Waals surface area contributed by atoms with Crippen LogP contribution in [0.3, 0.4) is 0 Å². The molecular weight excluding hydrogens is 344 g/mol. The van der Waals surface area contributed by atoms with Crippen molar-refractivity contribution in [2.75, 3.05) is 13.1 Å². The zero-order chi connectivity index (χ0) is 19.6. The van der Waals surface area contributed by atoms with Gasteiger partial charge in [0.05, 0.1) is 11.3 Å². The average Bonchev–Trinajstić information content (AvgIpc) is 3.08. The van der Waals surface area contributed by atoms with E-state index in [1.165, 1.54) is 0 Å². The first-order valence-corrected chi connectivity index (χ1v) is 9.29. The van der Waals surface area contributed by atoms with Gasteiger partial charge in [-0.3, -0.25) is 9.59 Å². The minimum Gasteiger partial charge on any atom is -0.368 e. The first-order chi connectivity index (χ1) is 12.9. The molecule has 0 bridgehead atoms. The van der Waals surface area contributed by atoms with Crippen molar-refractivity contribution < 1.29 is 9.59 Å². The molecule has 1 aliphatic heterocycles. The Labute approximate surface area is 158 Å². The Morgan fingerprint density at radius 1 is 1.26 bits per heavy atom. The highest BCUT2D eigenvalue weighted by atomic mass is 16.2. The number of hydrogen-bond acceptors (Lipinski definition) is 5. The predicted molar refractivity (Wildman–Crippen MR) is 100 cm³/mol. The number of rotatable bonds is 5. The van der Waals surface area contributed by atoms with E-state index in [9.17, 15) is 9.59 Å². The Hall–Kier alpha value is -2.77. The molecular formula is C19H26N6O2. The third-order valence-electron chi connectivity index (χ3n) is 4.97. The maximum atomic E-state index is 12.9. The molecule has 1 fully saturated rings. The van der Waals surface area contributed by atoms with Crippen LogP contribution in [0.5, 0.6) is 0 Å². The Kier molecular flexibility index (Phi) is 5.53. The predicted octanol–water partition coefficient (Wildman–Crippen LogP) is 1.61. The second-order valence-corrected chi connectivity index (χ2v) is 7.33. The lowest BCUT2D eigenvalue weighted by Gasteiger charge is -2.32. The molecule has 1 saturated heterocycles. The number of primary amides is 1. The Morgan fingerprint density at radius 3 is 2.56 bits per heavy atom. The van der Waals surface area contributed by atoms with Crippen molar-refractivity contribution in [2.45, 2.75) is 52.0 Å². The molecule has 0 radical (unpaired) electrons. The van der Waals surface area contributed by atoms with E-state index in [4.69, 9.17) is 5.73 Å². The van der Waals surface area contributed by atoms with Gasteiger partial charge in [0.1, 0.15) is 18.2 Å². The van der Waals surface area contributed by atoms with Gasteiger partial charge in [-0.05, 0) is 19.8 Å². The number of likely N-dealkylation sites (tertiary alicyclic amines) is 1. The largest absolute Gasteiger partial charge is 0.368 e. The smallest absolute Gasteiger partial charge is 0.257 e. The summed E-state index contributed by atoms with van der Waals surface area (Å²) in [6, 6.07) is 0. The van der Waals surface area contributed by atoms with Crippen LogP contribution in [0.25, 0.3) is 0 Å². The molecule has 0 spiro atoms. The molecule has 0 aliphatic carbocycles. The van der Waals surface area contributed by atoms with Gasteiger partial charge in [0.25, 0.3) is 5.91 Å². The fraction of sp³-hybridized carbons (Fsp3) is 0.526. The molecule has 3 rings (SSSR count). The SMILES string of the molecule is Cc1nc(C(C)C)ncc1C(=O)N1CCC(c2nccn2CC(N)=O)CC1. The number of piperidine rings is 1. The van der Waals surface area contributed by atoms with Crippen LogP contribution < -0.4 is 5.73 Å². The van der Waals surface area contributed by atoms with E-state index in [-0.39, 0.29) is 30.2 Å². The van der Waals surface area contributed by atoms with Gasteiger partial charge in [-0.1, -0.05) is 13.8 Å². The summed E-state index contributed by atoms with van der Waals surface area (Å²) >= 11 is 0. The summed E-state index contributed by atoms with van der Waals surface area (Å²) in [5.41, 5.74) is 6.58. The van der Waals surface area contributed by atoms with Gasteiger partial charge in [-0.25, -0.2) is 15.0 Å². The van der Waals surface area contributed by atoms with Crippen LogP contribution in [0.15, 0.2) is 18.6 Å². The Bertz CT molecular complexity index is 836. The molecule has 0 saturated carbocycles. The van der Waals surface area contributed by atoms with E-state index in [0.717, 1.165) is 30.2 Å². The van der Waals surface area contributed by atoms with Gasteiger partial charge in [-0.15, -0.1) is 0 Å². The molecule has 0 aromatic carbocycles. The topological polar surface area (TPSA) is 107 Å². The molecule has 2 N–H and O–H groups in total. The number of nitrogens with two attached hydrogens (primary N) is 1. The van der Waals surface area contributed by atoms with Crippen LogP contribution in [0.2, 0.25) is 0 Å². The summed E-state index contributed by atoms with van der Waals surface area (Å²) in [4.78, 5) is 39.1. The lowest BCUT2D eigenvalue weighted by Crippen LogP contribution is -2.39. The fourth-order valence-corrected chi connectivity index (χ4v) is 3.47. The van der Waals surface area contributed by atoms with Crippen molar-refractivity contribution in [2.24, 2.45) is 5.73 Å². The fourth-order valence-electron chi connectivity index (χ4n) is 3.47. The number of imidazole rings is 1. The normalized spacial score (nSPS) is 15.3. The highest BCUT2D eigenvalue weighted by Gasteiger charge is 2.28. The first-order valence-electron chi connectivity index (χ1n) is 9.29. The molecule has 2 aromatic heterocycles. The van der Waals surface area contributed by atoms with Gasteiger partial charge in [0, 0.05) is 43.5 Å². The van der Waals surface area contributed by atoms with Crippen LogP contribution in [-0.2, 0) is 11.3 Å². The molecule has 8 nitrogen and oxygen atoms in total. The highest BCUT2D eigenvalue weighted by Crippen LogP contribution is 2.28. The number of aromatic nitrogens is 4. The summed E-state index contributed by atoms with van der Waals surface area (Å²) in [6.07, 6.45) is 6.70. The quantitative estimate of drug-likeness (QED) is 0.860. The molecule has 8 heteroatoms. The second-order valence-electron chi connectivity index (χ2n) is 7.33. The minimum absolute atomic E-state index is 0.0262. The summed E-state index contributed by atoms with van der Waals surface area (Å²) < 4.78 is 1.80. The standard InChI is InChI=1S/C19H26N6O2/c1-12(2)17-22-10-15(13(3)23-17)19(27)24-7-4-14(5-8-24)18-21-6-9-25(18)11-16(20)26/h6,9-10,12,14H,4-5,7-8,11H2,1-3H3,(H2,20,26). The highest BCUT2D eigenvalue weighted by molar-refractivity contribution is 5.95. The van der Waals surface area contributed by atoms with E-state index < -0.39 is 0 Å². The third kappa shape index (κ3) is 4.15. The van der Waals surface area contributed by atoms with Gasteiger partial charge in [0.15, 0.2) is 0 Å². The van der Waals surface area contributed by atoms with Crippen molar-refractivity contribution in [1.82, 2.24) is 24.4 Å². The van der Waals surface area contributed by atoms with Crippen LogP contribution in [0, 0.1) is 6.92 Å². The van der Waals surface area contributed by atoms with E-state index >= 15 is 0 Å². The number of hydrogen-bond donors (Lipinski definition) is 1. The summed E-state index contributed by atoms with van der Waals surface area (Å²) in [7, 11) is 0. The molecule has 1 aliphatic rings. The molecule has 144 valence electrons. The maximum Gasteiger partial charge on any atom is 0.257 e. The zero-order valence-corrected chi connectivity index (χ0v) is 16.1. The average molecular weight is 370 g/mol. The number of aryl methyl sites for hydroxylation is 1. The molecule has 3 heterocycles.